The summed E-state index contributed by atoms with van der Waals surface area (Å²) in [6, 6.07) is 6.69. The summed E-state index contributed by atoms with van der Waals surface area (Å²) in [6.45, 7) is 9.53. The number of pyridine rings is 1. The average Bonchev–Trinajstić information content (AvgIpc) is 3.12. The zero-order valence-corrected chi connectivity index (χ0v) is 20.2. The Kier molecular flexibility index (Phi) is 7.34. The molecule has 1 fully saturated rings. The van der Waals surface area contributed by atoms with Crippen LogP contribution in [0, 0.1) is 5.92 Å². The van der Waals surface area contributed by atoms with E-state index in [1.54, 1.807) is 12.3 Å². The average molecular weight is 472 g/mol. The van der Waals surface area contributed by atoms with Crippen molar-refractivity contribution in [1.82, 2.24) is 10.3 Å². The molecule has 1 aliphatic rings. The molecule has 2 heterocycles. The zero-order valence-electron chi connectivity index (χ0n) is 19.4. The lowest BCUT2D eigenvalue weighted by atomic mass is 10.0. The first-order valence-electron chi connectivity index (χ1n) is 10.9. The Morgan fingerprint density at radius 1 is 1.36 bits per heavy atom. The molecule has 33 heavy (non-hydrogen) atoms. The number of quaternary nitrogens is 1. The summed E-state index contributed by atoms with van der Waals surface area (Å²) in [6.07, 6.45) is 2.85. The first-order valence-corrected chi connectivity index (χ1v) is 11.3. The largest absolute Gasteiger partial charge is 0.523 e. The summed E-state index contributed by atoms with van der Waals surface area (Å²) in [5.74, 6) is -0.0432. The highest BCUT2D eigenvalue weighted by Crippen LogP contribution is 2.34. The van der Waals surface area contributed by atoms with Crippen molar-refractivity contribution in [3.63, 3.8) is 0 Å². The summed E-state index contributed by atoms with van der Waals surface area (Å²) in [5.41, 5.74) is 6.61. The van der Waals surface area contributed by atoms with E-state index in [1.807, 2.05) is 45.0 Å². The number of fused-ring (bicyclic) bond motifs is 1. The van der Waals surface area contributed by atoms with Gasteiger partial charge in [0, 0.05) is 18.0 Å². The second-order valence-electron chi connectivity index (χ2n) is 8.72. The van der Waals surface area contributed by atoms with Crippen molar-refractivity contribution in [2.75, 3.05) is 13.7 Å². The van der Waals surface area contributed by atoms with E-state index in [9.17, 15) is 9.59 Å². The minimum absolute atomic E-state index is 0.00249. The Morgan fingerprint density at radius 3 is 2.70 bits per heavy atom. The molecule has 2 aromatic rings. The topological polar surface area (TPSA) is 104 Å². The van der Waals surface area contributed by atoms with E-state index >= 15 is 0 Å². The summed E-state index contributed by atoms with van der Waals surface area (Å²) in [5, 5.41) is 4.67. The molecule has 0 aliphatic carbocycles. The van der Waals surface area contributed by atoms with Gasteiger partial charge in [-0.1, -0.05) is 38.6 Å². The molecule has 9 heteroatoms. The van der Waals surface area contributed by atoms with Crippen LogP contribution in [0.4, 0.5) is 4.79 Å². The van der Waals surface area contributed by atoms with Crippen LogP contribution in [-0.2, 0) is 9.53 Å². The molecule has 1 saturated heterocycles. The normalized spacial score (nSPS) is 23.2. The molecular formula is C24H31N4O4S+. The predicted octanol–water partition coefficient (Wildman–Crippen LogP) is 3.39. The molecule has 4 atom stereocenters. The maximum atomic E-state index is 13.8. The number of thiocarbonyl (C=S) groups is 1. The minimum Gasteiger partial charge on any atom is -0.468 e. The highest BCUT2D eigenvalue weighted by molar-refractivity contribution is 7.80. The number of hydrogen-bond donors (Lipinski definition) is 2. The van der Waals surface area contributed by atoms with Crippen LogP contribution in [0.3, 0.4) is 0 Å². The quantitative estimate of drug-likeness (QED) is 0.488. The van der Waals surface area contributed by atoms with Crippen LogP contribution in [-0.4, -0.2) is 58.4 Å². The van der Waals surface area contributed by atoms with Crippen molar-refractivity contribution in [3.8, 4) is 5.88 Å². The molecule has 3 N–H and O–H groups in total. The van der Waals surface area contributed by atoms with Crippen molar-refractivity contribution in [2.24, 2.45) is 11.7 Å². The van der Waals surface area contributed by atoms with E-state index in [0.29, 0.717) is 12.3 Å². The van der Waals surface area contributed by atoms with Gasteiger partial charge in [0.2, 0.25) is 5.88 Å². The maximum absolute atomic E-state index is 13.8. The zero-order chi connectivity index (χ0) is 24.3. The molecular weight excluding hydrogens is 440 g/mol. The number of nitrogens with two attached hydrogens (primary N) is 1. The third kappa shape index (κ3) is 4.69. The van der Waals surface area contributed by atoms with E-state index in [1.165, 1.54) is 7.11 Å². The van der Waals surface area contributed by atoms with Gasteiger partial charge >= 0.3 is 12.0 Å². The van der Waals surface area contributed by atoms with Gasteiger partial charge in [-0.3, -0.25) is 0 Å². The molecule has 1 aromatic heterocycles. The Balaban J connectivity index is 1.96. The number of rotatable bonds is 6. The molecule has 176 valence electrons. The number of ether oxygens (including phenoxy) is 2. The van der Waals surface area contributed by atoms with Gasteiger partial charge in [0.05, 0.1) is 7.11 Å². The summed E-state index contributed by atoms with van der Waals surface area (Å²) >= 11 is 4.97. The number of carbonyl (C=O) groups excluding carboxylic acids is 2. The van der Waals surface area contributed by atoms with Crippen molar-refractivity contribution in [3.05, 3.63) is 42.6 Å². The second kappa shape index (κ2) is 9.84. The van der Waals surface area contributed by atoms with E-state index < -0.39 is 22.7 Å². The fourth-order valence-corrected chi connectivity index (χ4v) is 4.62. The predicted molar refractivity (Wildman–Crippen MR) is 131 cm³/mol. The SMILES string of the molecule is C=Cc1ccc2ccnc(O[C@@H]3CC(C)[N+](C(=O)OC)(C(=O)C(NC(N)=S)C(C)C)C3)c2c1. The molecule has 8 nitrogen and oxygen atoms in total. The van der Waals surface area contributed by atoms with Gasteiger partial charge in [0.1, 0.15) is 18.6 Å². The molecule has 3 unspecified atom stereocenters. The molecule has 0 bridgehead atoms. The van der Waals surface area contributed by atoms with E-state index in [-0.39, 0.29) is 29.5 Å². The highest BCUT2D eigenvalue weighted by atomic mass is 32.1. The molecule has 3 rings (SSSR count). The van der Waals surface area contributed by atoms with Crippen LogP contribution in [0.15, 0.2) is 37.0 Å². The van der Waals surface area contributed by atoms with Gasteiger partial charge in [-0.05, 0) is 48.1 Å². The number of likely N-dealkylation sites (tertiary alicyclic amines) is 1. The highest BCUT2D eigenvalue weighted by Gasteiger charge is 2.60. The number of nitrogens with zero attached hydrogens (tertiary/aromatic N) is 2. The molecule has 0 saturated carbocycles. The number of benzene rings is 1. The molecule has 0 radical (unpaired) electrons. The van der Waals surface area contributed by atoms with Crippen LogP contribution in [0.5, 0.6) is 5.88 Å². The monoisotopic (exact) mass is 471 g/mol. The van der Waals surface area contributed by atoms with Gasteiger partial charge in [-0.15, -0.1) is 0 Å². The molecule has 1 aliphatic heterocycles. The van der Waals surface area contributed by atoms with Crippen LogP contribution in [0.25, 0.3) is 16.8 Å². The third-order valence-electron chi connectivity index (χ3n) is 6.24. The van der Waals surface area contributed by atoms with Crippen LogP contribution in [0.1, 0.15) is 32.8 Å². The number of carbonyl (C=O) groups is 2. The fourth-order valence-electron chi connectivity index (χ4n) is 4.49. The van der Waals surface area contributed by atoms with Crippen molar-refractivity contribution < 1.29 is 23.5 Å². The minimum atomic E-state index is -0.742. The number of methoxy groups -OCH3 is 1. The van der Waals surface area contributed by atoms with E-state index in [2.05, 4.69) is 16.9 Å². The molecule has 1 aromatic carbocycles. The van der Waals surface area contributed by atoms with Gasteiger partial charge in [0.15, 0.2) is 11.2 Å². The van der Waals surface area contributed by atoms with Crippen LogP contribution in [0.2, 0.25) is 0 Å². The second-order valence-corrected chi connectivity index (χ2v) is 9.16. The number of hydrogen-bond acceptors (Lipinski definition) is 6. The van der Waals surface area contributed by atoms with Gasteiger partial charge in [0.25, 0.3) is 0 Å². The molecule has 0 spiro atoms. The lowest BCUT2D eigenvalue weighted by molar-refractivity contribution is -0.794. The lowest BCUT2D eigenvalue weighted by Crippen LogP contribution is -2.66. The summed E-state index contributed by atoms with van der Waals surface area (Å²) in [4.78, 5) is 31.2. The Morgan fingerprint density at radius 2 is 2.09 bits per heavy atom. The van der Waals surface area contributed by atoms with Crippen molar-refractivity contribution in [1.29, 1.82) is 0 Å². The first kappa shape index (κ1) is 24.6. The Hall–Kier alpha value is -3.04. The summed E-state index contributed by atoms with van der Waals surface area (Å²) in [7, 11) is 1.28. The number of aromatic nitrogens is 1. The van der Waals surface area contributed by atoms with Gasteiger partial charge in [-0.25, -0.2) is 9.78 Å². The van der Waals surface area contributed by atoms with Crippen molar-refractivity contribution in [2.45, 2.75) is 45.4 Å². The number of nitrogens with one attached hydrogen (secondary N) is 1. The smallest absolute Gasteiger partial charge is 0.468 e. The first-order chi connectivity index (χ1) is 15.6. The number of imide groups is 1. The number of amides is 2. The third-order valence-corrected chi connectivity index (χ3v) is 6.36. The fraction of sp³-hybridized carbons (Fsp3) is 0.417. The maximum Gasteiger partial charge on any atom is 0.523 e. The van der Waals surface area contributed by atoms with E-state index in [0.717, 1.165) is 16.3 Å². The van der Waals surface area contributed by atoms with E-state index in [4.69, 9.17) is 27.4 Å². The Bertz CT molecular complexity index is 1090. The van der Waals surface area contributed by atoms with Gasteiger partial charge in [-0.2, -0.15) is 9.28 Å². The molecule has 2 amide bonds. The van der Waals surface area contributed by atoms with Crippen LogP contribution < -0.4 is 15.8 Å². The van der Waals surface area contributed by atoms with Crippen LogP contribution >= 0.6 is 12.2 Å². The summed E-state index contributed by atoms with van der Waals surface area (Å²) < 4.78 is 10.9. The van der Waals surface area contributed by atoms with Crippen molar-refractivity contribution >= 4 is 46.2 Å². The lowest BCUT2D eigenvalue weighted by Gasteiger charge is -2.35. The Labute approximate surface area is 199 Å². The standard InChI is InChI=1S/C24H30N4O4S/c1-6-16-7-8-17-9-10-26-21(19(17)12-16)32-18-11-15(4)28(13-18,24(30)31-5)22(29)20(14(2)3)27-23(25)33/h6-10,12,14-15,18,20H,1,11,13H2,2-5H3,(H2-,25,27,33)/p+1/t15?,18-,20?,28?/m1/s1. The van der Waals surface area contributed by atoms with Gasteiger partial charge < -0.3 is 20.5 Å².